The summed E-state index contributed by atoms with van der Waals surface area (Å²) < 4.78 is 116. The van der Waals surface area contributed by atoms with E-state index in [0.717, 1.165) is 6.20 Å². The van der Waals surface area contributed by atoms with Gasteiger partial charge in [0.25, 0.3) is 9.84 Å². The van der Waals surface area contributed by atoms with Crippen molar-refractivity contribution in [3.8, 4) is 11.1 Å². The lowest BCUT2D eigenvalue weighted by atomic mass is 10.1. The highest BCUT2D eigenvalue weighted by atomic mass is 79.9. The van der Waals surface area contributed by atoms with Crippen molar-refractivity contribution in [3.05, 3.63) is 45.6 Å². The van der Waals surface area contributed by atoms with E-state index in [-0.39, 0.29) is 14.5 Å². The van der Waals surface area contributed by atoms with Crippen molar-refractivity contribution in [3.63, 3.8) is 0 Å². The van der Waals surface area contributed by atoms with Crippen LogP contribution in [0.3, 0.4) is 0 Å². The normalized spacial score (nSPS) is 13.7. The molecule has 0 bridgehead atoms. The van der Waals surface area contributed by atoms with Gasteiger partial charge in [0.15, 0.2) is 0 Å². The molecule has 1 heterocycles. The Morgan fingerprint density at radius 1 is 1.04 bits per heavy atom. The minimum atomic E-state index is -6.83. The average molecular weight is 544 g/mol. The van der Waals surface area contributed by atoms with E-state index < -0.39 is 37.6 Å². The van der Waals surface area contributed by atoms with Gasteiger partial charge in [-0.15, -0.1) is 0 Å². The lowest BCUT2D eigenvalue weighted by Crippen LogP contribution is -2.56. The highest BCUT2D eigenvalue weighted by molar-refractivity contribution is 9.11. The Hall–Kier alpha value is -1.21. The van der Waals surface area contributed by atoms with Gasteiger partial charge in [0.1, 0.15) is 0 Å². The summed E-state index contributed by atoms with van der Waals surface area (Å²) in [6, 6.07) is 5.40. The fraction of sp³-hybridized carbons (Fsp3) is 0.214. The number of benzene rings is 1. The SMILES string of the molecule is O=S(=O)(c1cc(Br)[c]c(Br)c1-c1cccnc1)C(F)(F)C(F)(F)C(F)(F)F. The first kappa shape index (κ1) is 22.1. The van der Waals surface area contributed by atoms with Gasteiger partial charge in [-0.2, -0.15) is 30.7 Å². The van der Waals surface area contributed by atoms with Crippen molar-refractivity contribution in [2.24, 2.45) is 0 Å². The number of hydrogen-bond donors (Lipinski definition) is 0. The Morgan fingerprint density at radius 2 is 1.63 bits per heavy atom. The van der Waals surface area contributed by atoms with Crippen LogP contribution in [0.25, 0.3) is 11.1 Å². The third-order valence-electron chi connectivity index (χ3n) is 3.25. The number of aromatic nitrogens is 1. The summed E-state index contributed by atoms with van der Waals surface area (Å²) >= 11 is 5.60. The van der Waals surface area contributed by atoms with Gasteiger partial charge in [-0.05, 0) is 28.1 Å². The van der Waals surface area contributed by atoms with Crippen LogP contribution in [0, 0.1) is 6.07 Å². The minimum absolute atomic E-state index is 0.127. The van der Waals surface area contributed by atoms with Gasteiger partial charge in [0, 0.05) is 38.5 Å². The predicted molar refractivity (Wildman–Crippen MR) is 87.0 cm³/mol. The molecular weight excluding hydrogens is 539 g/mol. The molecule has 0 saturated carbocycles. The van der Waals surface area contributed by atoms with Crippen molar-refractivity contribution in [1.29, 1.82) is 0 Å². The average Bonchev–Trinajstić information content (AvgIpc) is 2.53. The maximum absolute atomic E-state index is 14.0. The molecule has 0 aliphatic rings. The summed E-state index contributed by atoms with van der Waals surface area (Å²) in [6.45, 7) is 0. The van der Waals surface area contributed by atoms with Crippen LogP contribution in [-0.2, 0) is 9.84 Å². The fourth-order valence-electron chi connectivity index (χ4n) is 1.96. The van der Waals surface area contributed by atoms with E-state index in [1.54, 1.807) is 0 Å². The van der Waals surface area contributed by atoms with Crippen LogP contribution < -0.4 is 0 Å². The van der Waals surface area contributed by atoms with Gasteiger partial charge in [-0.3, -0.25) is 4.98 Å². The molecule has 0 saturated heterocycles. The monoisotopic (exact) mass is 542 g/mol. The lowest BCUT2D eigenvalue weighted by Gasteiger charge is -2.28. The molecule has 0 aliphatic carbocycles. The van der Waals surface area contributed by atoms with Gasteiger partial charge in [0.05, 0.1) is 4.90 Å². The molecular formula is C14H5Br2F7NO2S. The summed E-state index contributed by atoms with van der Waals surface area (Å²) in [5.74, 6) is -6.83. The predicted octanol–water partition coefficient (Wildman–Crippen LogP) is 5.64. The lowest BCUT2D eigenvalue weighted by molar-refractivity contribution is -0.332. The van der Waals surface area contributed by atoms with Gasteiger partial charge < -0.3 is 0 Å². The Morgan fingerprint density at radius 3 is 2.11 bits per heavy atom. The van der Waals surface area contributed by atoms with Crippen molar-refractivity contribution in [1.82, 2.24) is 4.98 Å². The van der Waals surface area contributed by atoms with E-state index in [0.29, 0.717) is 6.07 Å². The number of nitrogens with zero attached hydrogens (tertiary/aromatic N) is 1. The van der Waals surface area contributed by atoms with Crippen molar-refractivity contribution in [2.75, 3.05) is 0 Å². The van der Waals surface area contributed by atoms with Crippen LogP contribution in [0.4, 0.5) is 30.7 Å². The molecule has 147 valence electrons. The standard InChI is InChI=1S/C14H5Br2F7NO2S/c15-8-4-9(16)11(7-2-1-3-24-6-7)10(5-8)27(25,26)14(22,23)12(17,18)13(19,20)21/h1-3,5-6H. The van der Waals surface area contributed by atoms with E-state index in [2.05, 4.69) is 42.9 Å². The van der Waals surface area contributed by atoms with Crippen LogP contribution in [0.1, 0.15) is 0 Å². The molecule has 0 atom stereocenters. The van der Waals surface area contributed by atoms with E-state index in [1.165, 1.54) is 18.3 Å². The van der Waals surface area contributed by atoms with E-state index in [4.69, 9.17) is 0 Å². The molecule has 2 aromatic rings. The highest BCUT2D eigenvalue weighted by Crippen LogP contribution is 2.52. The molecule has 2 rings (SSSR count). The van der Waals surface area contributed by atoms with E-state index >= 15 is 0 Å². The van der Waals surface area contributed by atoms with Gasteiger partial charge in [-0.1, -0.05) is 22.0 Å². The molecule has 1 aromatic heterocycles. The molecule has 1 radical (unpaired) electrons. The van der Waals surface area contributed by atoms with Crippen LogP contribution in [0.5, 0.6) is 0 Å². The molecule has 0 unspecified atom stereocenters. The fourth-order valence-corrected chi connectivity index (χ4v) is 5.09. The molecule has 0 amide bonds. The minimum Gasteiger partial charge on any atom is -0.264 e. The Bertz CT molecular complexity index is 963. The van der Waals surface area contributed by atoms with Crippen LogP contribution in [0.2, 0.25) is 0 Å². The Balaban J connectivity index is 2.85. The molecule has 0 fully saturated rings. The quantitative estimate of drug-likeness (QED) is 0.469. The molecule has 0 spiro atoms. The second kappa shape index (κ2) is 6.99. The first-order valence-corrected chi connectivity index (χ1v) is 9.60. The smallest absolute Gasteiger partial charge is 0.264 e. The second-order valence-electron chi connectivity index (χ2n) is 5.00. The van der Waals surface area contributed by atoms with Crippen molar-refractivity contribution < 1.29 is 39.2 Å². The number of halogens is 9. The summed E-state index contributed by atoms with van der Waals surface area (Å²) in [4.78, 5) is 2.18. The second-order valence-corrected chi connectivity index (χ2v) is 8.61. The first-order valence-electron chi connectivity index (χ1n) is 6.53. The summed E-state index contributed by atoms with van der Waals surface area (Å²) in [6.07, 6.45) is -4.53. The number of pyridine rings is 1. The maximum Gasteiger partial charge on any atom is 0.461 e. The third kappa shape index (κ3) is 3.60. The maximum atomic E-state index is 14.0. The number of hydrogen-bond acceptors (Lipinski definition) is 3. The number of alkyl halides is 7. The molecule has 3 nitrogen and oxygen atoms in total. The summed E-state index contributed by atoms with van der Waals surface area (Å²) in [7, 11) is -6.51. The third-order valence-corrected chi connectivity index (χ3v) is 6.11. The highest BCUT2D eigenvalue weighted by Gasteiger charge is 2.78. The van der Waals surface area contributed by atoms with Crippen molar-refractivity contribution >= 4 is 41.7 Å². The Labute approximate surface area is 164 Å². The summed E-state index contributed by atoms with van der Waals surface area (Å²) in [5, 5.41) is -6.48. The van der Waals surface area contributed by atoms with E-state index in [1.807, 2.05) is 0 Å². The van der Waals surface area contributed by atoms with Gasteiger partial charge in [0.2, 0.25) is 0 Å². The molecule has 0 N–H and O–H groups in total. The van der Waals surface area contributed by atoms with E-state index in [9.17, 15) is 39.2 Å². The largest absolute Gasteiger partial charge is 0.461 e. The zero-order valence-corrected chi connectivity index (χ0v) is 16.4. The number of sulfone groups is 1. The van der Waals surface area contributed by atoms with Crippen LogP contribution in [-0.4, -0.2) is 30.8 Å². The van der Waals surface area contributed by atoms with Crippen LogP contribution >= 0.6 is 31.9 Å². The molecule has 27 heavy (non-hydrogen) atoms. The first-order chi connectivity index (χ1) is 12.1. The van der Waals surface area contributed by atoms with Gasteiger partial charge >= 0.3 is 17.4 Å². The van der Waals surface area contributed by atoms with Crippen LogP contribution in [0.15, 0.2) is 44.4 Å². The Kier molecular flexibility index (Phi) is 5.72. The molecule has 13 heteroatoms. The zero-order valence-electron chi connectivity index (χ0n) is 12.5. The zero-order chi connectivity index (χ0) is 20.8. The molecule has 1 aromatic carbocycles. The topological polar surface area (TPSA) is 47.0 Å². The number of rotatable bonds is 4. The summed E-state index contributed by atoms with van der Waals surface area (Å²) in [5.41, 5.74) is -0.721. The van der Waals surface area contributed by atoms with Gasteiger partial charge in [-0.25, -0.2) is 8.42 Å². The molecule has 0 aliphatic heterocycles. The van der Waals surface area contributed by atoms with Crippen molar-refractivity contribution in [2.45, 2.75) is 22.2 Å².